The van der Waals surface area contributed by atoms with Gasteiger partial charge in [0.1, 0.15) is 5.75 Å². The molecule has 2 unspecified atom stereocenters. The maximum Gasteiger partial charge on any atom is 0.124 e. The standard InChI is InChI=1S/C20H25NO.ClH/c1-15-10-11-20-18(13-15)19(9-6-12-22-20)21-16(2)14-17-7-4-3-5-8-17;/h3-5,7-8,10-11,13,16,19,21H,6,9,12,14H2,1-2H3;1H. The Bertz CT molecular complexity index is 614. The van der Waals surface area contributed by atoms with Gasteiger partial charge >= 0.3 is 0 Å². The molecule has 0 radical (unpaired) electrons. The Labute approximate surface area is 145 Å². The van der Waals surface area contributed by atoms with Crippen molar-refractivity contribution in [3.8, 4) is 5.75 Å². The molecule has 1 aliphatic heterocycles. The maximum atomic E-state index is 5.89. The number of hydrogen-bond acceptors (Lipinski definition) is 2. The average Bonchev–Trinajstić information content (AvgIpc) is 2.71. The van der Waals surface area contributed by atoms with Crippen molar-refractivity contribution < 1.29 is 4.74 Å². The lowest BCUT2D eigenvalue weighted by Gasteiger charge is -2.23. The molecule has 2 aromatic rings. The van der Waals surface area contributed by atoms with E-state index in [1.54, 1.807) is 0 Å². The van der Waals surface area contributed by atoms with E-state index in [2.05, 4.69) is 67.7 Å². The van der Waals surface area contributed by atoms with Crippen LogP contribution in [0, 0.1) is 6.92 Å². The van der Waals surface area contributed by atoms with Crippen LogP contribution in [-0.4, -0.2) is 12.6 Å². The Hall–Kier alpha value is -1.51. The molecular formula is C20H26ClNO. The van der Waals surface area contributed by atoms with Gasteiger partial charge in [-0.25, -0.2) is 0 Å². The molecule has 0 bridgehead atoms. The lowest BCUT2D eigenvalue weighted by Crippen LogP contribution is -2.32. The van der Waals surface area contributed by atoms with E-state index in [0.29, 0.717) is 12.1 Å². The highest BCUT2D eigenvalue weighted by atomic mass is 35.5. The fourth-order valence-electron chi connectivity index (χ4n) is 3.24. The van der Waals surface area contributed by atoms with Crippen LogP contribution in [0.4, 0.5) is 0 Å². The van der Waals surface area contributed by atoms with Gasteiger partial charge in [0.15, 0.2) is 0 Å². The number of aryl methyl sites for hydroxylation is 1. The SMILES string of the molecule is Cc1ccc2c(c1)C(NC(C)Cc1ccccc1)CCCO2.Cl. The van der Waals surface area contributed by atoms with Gasteiger partial charge in [-0.05, 0) is 44.7 Å². The molecule has 3 heteroatoms. The predicted octanol–water partition coefficient (Wildman–Crippen LogP) is 4.85. The van der Waals surface area contributed by atoms with E-state index in [9.17, 15) is 0 Å². The molecule has 0 fully saturated rings. The van der Waals surface area contributed by atoms with Gasteiger partial charge in [-0.1, -0.05) is 48.0 Å². The molecule has 2 atom stereocenters. The minimum Gasteiger partial charge on any atom is -0.493 e. The van der Waals surface area contributed by atoms with Crippen LogP contribution < -0.4 is 10.1 Å². The number of ether oxygens (including phenoxy) is 1. The van der Waals surface area contributed by atoms with Crippen molar-refractivity contribution in [1.82, 2.24) is 5.32 Å². The summed E-state index contributed by atoms with van der Waals surface area (Å²) in [7, 11) is 0. The third kappa shape index (κ3) is 4.73. The topological polar surface area (TPSA) is 21.3 Å². The Morgan fingerprint density at radius 1 is 1.17 bits per heavy atom. The third-order valence-electron chi connectivity index (χ3n) is 4.31. The largest absolute Gasteiger partial charge is 0.493 e. The smallest absolute Gasteiger partial charge is 0.124 e. The van der Waals surface area contributed by atoms with Crippen molar-refractivity contribution in [2.75, 3.05) is 6.61 Å². The summed E-state index contributed by atoms with van der Waals surface area (Å²) in [5, 5.41) is 3.81. The highest BCUT2D eigenvalue weighted by molar-refractivity contribution is 5.85. The van der Waals surface area contributed by atoms with Crippen LogP contribution in [0.25, 0.3) is 0 Å². The second-order valence-electron chi connectivity index (χ2n) is 6.34. The molecule has 1 heterocycles. The molecule has 0 amide bonds. The Kier molecular flexibility index (Phi) is 6.49. The van der Waals surface area contributed by atoms with E-state index < -0.39 is 0 Å². The molecule has 1 aliphatic rings. The minimum absolute atomic E-state index is 0. The second kappa shape index (κ2) is 8.37. The summed E-state index contributed by atoms with van der Waals surface area (Å²) in [6.07, 6.45) is 3.29. The van der Waals surface area contributed by atoms with E-state index in [1.807, 2.05) is 0 Å². The van der Waals surface area contributed by atoms with Gasteiger partial charge in [-0.15, -0.1) is 12.4 Å². The van der Waals surface area contributed by atoms with Gasteiger partial charge in [0.05, 0.1) is 6.61 Å². The highest BCUT2D eigenvalue weighted by Gasteiger charge is 2.21. The van der Waals surface area contributed by atoms with Gasteiger partial charge in [0.2, 0.25) is 0 Å². The first-order valence-corrected chi connectivity index (χ1v) is 8.25. The quantitative estimate of drug-likeness (QED) is 0.864. The number of halogens is 1. The molecule has 2 nitrogen and oxygen atoms in total. The molecule has 3 rings (SSSR count). The van der Waals surface area contributed by atoms with E-state index in [0.717, 1.165) is 31.6 Å². The highest BCUT2D eigenvalue weighted by Crippen LogP contribution is 2.32. The first kappa shape index (κ1) is 17.8. The van der Waals surface area contributed by atoms with E-state index >= 15 is 0 Å². The molecule has 0 saturated carbocycles. The van der Waals surface area contributed by atoms with Crippen LogP contribution in [0.5, 0.6) is 5.75 Å². The first-order valence-electron chi connectivity index (χ1n) is 8.25. The summed E-state index contributed by atoms with van der Waals surface area (Å²) in [5.41, 5.74) is 4.00. The van der Waals surface area contributed by atoms with Crippen molar-refractivity contribution in [2.24, 2.45) is 0 Å². The summed E-state index contributed by atoms with van der Waals surface area (Å²) >= 11 is 0. The van der Waals surface area contributed by atoms with Gasteiger partial charge in [-0.3, -0.25) is 0 Å². The van der Waals surface area contributed by atoms with Crippen LogP contribution >= 0.6 is 12.4 Å². The molecular weight excluding hydrogens is 306 g/mol. The second-order valence-corrected chi connectivity index (χ2v) is 6.34. The van der Waals surface area contributed by atoms with Crippen molar-refractivity contribution in [3.05, 3.63) is 65.2 Å². The molecule has 0 saturated heterocycles. The normalized spacial score (nSPS) is 18.1. The van der Waals surface area contributed by atoms with Crippen molar-refractivity contribution in [1.29, 1.82) is 0 Å². The predicted molar refractivity (Wildman–Crippen MR) is 98.6 cm³/mol. The number of nitrogens with one attached hydrogen (secondary N) is 1. The summed E-state index contributed by atoms with van der Waals surface area (Å²) in [4.78, 5) is 0. The van der Waals surface area contributed by atoms with Crippen molar-refractivity contribution in [2.45, 2.75) is 45.2 Å². The molecule has 2 aromatic carbocycles. The summed E-state index contributed by atoms with van der Waals surface area (Å²) in [6.45, 7) is 5.24. The molecule has 0 aromatic heterocycles. The first-order chi connectivity index (χ1) is 10.7. The van der Waals surface area contributed by atoms with Gasteiger partial charge < -0.3 is 10.1 Å². The van der Waals surface area contributed by atoms with E-state index in [1.165, 1.54) is 16.7 Å². The number of hydrogen-bond donors (Lipinski definition) is 1. The average molecular weight is 332 g/mol. The van der Waals surface area contributed by atoms with Crippen molar-refractivity contribution >= 4 is 12.4 Å². The minimum atomic E-state index is 0. The van der Waals surface area contributed by atoms with Crippen molar-refractivity contribution in [3.63, 3.8) is 0 Å². The summed E-state index contributed by atoms with van der Waals surface area (Å²) in [5.74, 6) is 1.05. The Balaban J connectivity index is 0.00000192. The van der Waals surface area contributed by atoms with Crippen LogP contribution in [0.2, 0.25) is 0 Å². The third-order valence-corrected chi connectivity index (χ3v) is 4.31. The zero-order chi connectivity index (χ0) is 15.4. The van der Waals surface area contributed by atoms with E-state index in [4.69, 9.17) is 4.74 Å². The number of benzene rings is 2. The maximum absolute atomic E-state index is 5.89. The fourth-order valence-corrected chi connectivity index (χ4v) is 3.24. The molecule has 0 aliphatic carbocycles. The molecule has 1 N–H and O–H groups in total. The zero-order valence-corrected chi connectivity index (χ0v) is 14.7. The Morgan fingerprint density at radius 2 is 1.96 bits per heavy atom. The lowest BCUT2D eigenvalue weighted by molar-refractivity contribution is 0.314. The van der Waals surface area contributed by atoms with Crippen LogP contribution in [0.15, 0.2) is 48.5 Å². The van der Waals surface area contributed by atoms with Crippen LogP contribution in [-0.2, 0) is 6.42 Å². The summed E-state index contributed by atoms with van der Waals surface area (Å²) in [6, 6.07) is 18.0. The van der Waals surface area contributed by atoms with Crippen LogP contribution in [0.1, 0.15) is 42.5 Å². The Morgan fingerprint density at radius 3 is 2.74 bits per heavy atom. The van der Waals surface area contributed by atoms with Gasteiger partial charge in [0.25, 0.3) is 0 Å². The van der Waals surface area contributed by atoms with E-state index in [-0.39, 0.29) is 12.4 Å². The monoisotopic (exact) mass is 331 g/mol. The van der Waals surface area contributed by atoms with Gasteiger partial charge in [0, 0.05) is 17.6 Å². The fraction of sp³-hybridized carbons (Fsp3) is 0.400. The zero-order valence-electron chi connectivity index (χ0n) is 13.9. The van der Waals surface area contributed by atoms with Crippen LogP contribution in [0.3, 0.4) is 0 Å². The van der Waals surface area contributed by atoms with Gasteiger partial charge in [-0.2, -0.15) is 0 Å². The molecule has 23 heavy (non-hydrogen) atoms. The lowest BCUT2D eigenvalue weighted by atomic mass is 9.98. The number of rotatable bonds is 4. The summed E-state index contributed by atoms with van der Waals surface area (Å²) < 4.78 is 5.89. The molecule has 124 valence electrons. The molecule has 0 spiro atoms. The number of fused-ring (bicyclic) bond motifs is 1.